The Hall–Kier alpha value is -2.76. The molecule has 29 heavy (non-hydrogen) atoms. The molecular formula is C23H20F2O4. The molecule has 0 radical (unpaired) electrons. The molecule has 2 aromatic rings. The normalized spacial score (nSPS) is 22.5. The van der Waals surface area contributed by atoms with Crippen LogP contribution >= 0.6 is 0 Å². The lowest BCUT2D eigenvalue weighted by Crippen LogP contribution is -2.44. The van der Waals surface area contributed by atoms with Gasteiger partial charge in [0.25, 0.3) is 0 Å². The molecule has 2 aliphatic heterocycles. The van der Waals surface area contributed by atoms with Gasteiger partial charge in [-0.05, 0) is 55.5 Å². The van der Waals surface area contributed by atoms with E-state index in [4.69, 9.17) is 9.47 Å². The van der Waals surface area contributed by atoms with Crippen LogP contribution in [0, 0.1) is 11.6 Å². The van der Waals surface area contributed by atoms with Crippen LogP contribution in [0.4, 0.5) is 8.78 Å². The van der Waals surface area contributed by atoms with Crippen molar-refractivity contribution < 1.29 is 27.8 Å². The Balaban J connectivity index is 1.67. The molecule has 1 fully saturated rings. The molecule has 2 heterocycles. The number of benzene rings is 2. The van der Waals surface area contributed by atoms with Crippen LogP contribution in [0.15, 0.2) is 30.3 Å². The Kier molecular flexibility index (Phi) is 4.19. The topological polar surface area (TPSA) is 52.6 Å². The van der Waals surface area contributed by atoms with Gasteiger partial charge in [0, 0.05) is 11.5 Å². The second kappa shape index (κ2) is 6.65. The second-order valence-electron chi connectivity index (χ2n) is 8.20. The SMILES string of the molecule is O=C1C[C@H](c2ccc(F)c(F)c2)c2c(ccc3c2OC2(CCCCC2)CC3=O)O1. The number of hydrogen-bond acceptors (Lipinski definition) is 4. The summed E-state index contributed by atoms with van der Waals surface area (Å²) in [5, 5.41) is 0. The molecule has 150 valence electrons. The summed E-state index contributed by atoms with van der Waals surface area (Å²) in [6.07, 6.45) is 5.04. The smallest absolute Gasteiger partial charge is 0.312 e. The van der Waals surface area contributed by atoms with E-state index in [0.29, 0.717) is 34.6 Å². The van der Waals surface area contributed by atoms with Crippen molar-refractivity contribution in [2.45, 2.75) is 56.5 Å². The van der Waals surface area contributed by atoms with E-state index in [1.54, 1.807) is 12.1 Å². The predicted octanol–water partition coefficient (Wildman–Crippen LogP) is 5.07. The summed E-state index contributed by atoms with van der Waals surface area (Å²) in [5.74, 6) is -2.19. The zero-order valence-corrected chi connectivity index (χ0v) is 15.8. The van der Waals surface area contributed by atoms with E-state index in [-0.39, 0.29) is 12.2 Å². The van der Waals surface area contributed by atoms with Crippen LogP contribution in [0.2, 0.25) is 0 Å². The van der Waals surface area contributed by atoms with Crippen LogP contribution in [-0.2, 0) is 4.79 Å². The van der Waals surface area contributed by atoms with Gasteiger partial charge in [-0.25, -0.2) is 8.78 Å². The molecule has 4 nitrogen and oxygen atoms in total. The minimum absolute atomic E-state index is 0.0110. The Morgan fingerprint density at radius 3 is 2.52 bits per heavy atom. The average Bonchev–Trinajstić information content (AvgIpc) is 2.69. The largest absolute Gasteiger partial charge is 0.486 e. The fourth-order valence-corrected chi connectivity index (χ4v) is 4.89. The van der Waals surface area contributed by atoms with Crippen molar-refractivity contribution in [3.8, 4) is 11.5 Å². The van der Waals surface area contributed by atoms with Crippen LogP contribution in [0.25, 0.3) is 0 Å². The molecule has 2 aromatic carbocycles. The van der Waals surface area contributed by atoms with E-state index in [9.17, 15) is 18.4 Å². The molecule has 6 heteroatoms. The van der Waals surface area contributed by atoms with E-state index in [2.05, 4.69) is 0 Å². The fourth-order valence-electron chi connectivity index (χ4n) is 4.89. The first-order valence-corrected chi connectivity index (χ1v) is 10.0. The standard InChI is InChI=1S/C23H20F2O4/c24-16-6-4-13(10-17(16)25)15-11-20(27)28-19-7-5-14-18(26)12-23(8-2-1-3-9-23)29-22(14)21(15)19/h4-7,10,15H,1-3,8-9,11-12H2/t15-/m1/s1. The number of esters is 1. The molecule has 0 saturated heterocycles. The summed E-state index contributed by atoms with van der Waals surface area (Å²) < 4.78 is 39.3. The van der Waals surface area contributed by atoms with Crippen molar-refractivity contribution in [2.75, 3.05) is 0 Å². The van der Waals surface area contributed by atoms with E-state index in [0.717, 1.165) is 44.2 Å². The van der Waals surface area contributed by atoms with Crippen LogP contribution in [-0.4, -0.2) is 17.4 Å². The molecule has 1 spiro atoms. The molecule has 0 amide bonds. The van der Waals surface area contributed by atoms with Gasteiger partial charge in [0.2, 0.25) is 0 Å². The first-order valence-electron chi connectivity index (χ1n) is 10.0. The molecule has 0 aromatic heterocycles. The second-order valence-corrected chi connectivity index (χ2v) is 8.20. The van der Waals surface area contributed by atoms with Crippen molar-refractivity contribution in [2.24, 2.45) is 0 Å². The van der Waals surface area contributed by atoms with Gasteiger partial charge < -0.3 is 9.47 Å². The van der Waals surface area contributed by atoms with Crippen LogP contribution in [0.1, 0.15) is 72.3 Å². The molecule has 1 saturated carbocycles. The van der Waals surface area contributed by atoms with Crippen molar-refractivity contribution in [1.29, 1.82) is 0 Å². The van der Waals surface area contributed by atoms with Crippen molar-refractivity contribution >= 4 is 11.8 Å². The summed E-state index contributed by atoms with van der Waals surface area (Å²) in [4.78, 5) is 25.1. The average molecular weight is 398 g/mol. The maximum atomic E-state index is 13.9. The number of ether oxygens (including phenoxy) is 2. The summed E-state index contributed by atoms with van der Waals surface area (Å²) in [7, 11) is 0. The molecule has 5 rings (SSSR count). The van der Waals surface area contributed by atoms with Crippen LogP contribution < -0.4 is 9.47 Å². The molecule has 0 N–H and O–H groups in total. The first kappa shape index (κ1) is 18.3. The van der Waals surface area contributed by atoms with Gasteiger partial charge >= 0.3 is 5.97 Å². The number of hydrogen-bond donors (Lipinski definition) is 0. The molecule has 0 bridgehead atoms. The van der Waals surface area contributed by atoms with Gasteiger partial charge in [-0.15, -0.1) is 0 Å². The summed E-state index contributed by atoms with van der Waals surface area (Å²) in [6, 6.07) is 6.84. The number of carbonyl (C=O) groups excluding carboxylic acids is 2. The summed E-state index contributed by atoms with van der Waals surface area (Å²) in [6.45, 7) is 0. The van der Waals surface area contributed by atoms with Crippen molar-refractivity contribution in [3.05, 3.63) is 58.7 Å². The van der Waals surface area contributed by atoms with Gasteiger partial charge in [0.05, 0.1) is 18.4 Å². The lowest BCUT2D eigenvalue weighted by molar-refractivity contribution is -0.135. The monoisotopic (exact) mass is 398 g/mol. The lowest BCUT2D eigenvalue weighted by atomic mass is 9.76. The predicted molar refractivity (Wildman–Crippen MR) is 100 cm³/mol. The van der Waals surface area contributed by atoms with Crippen LogP contribution in [0.3, 0.4) is 0 Å². The molecular weight excluding hydrogens is 378 g/mol. The van der Waals surface area contributed by atoms with Crippen molar-refractivity contribution in [1.82, 2.24) is 0 Å². The molecule has 0 unspecified atom stereocenters. The zero-order valence-electron chi connectivity index (χ0n) is 15.8. The maximum Gasteiger partial charge on any atom is 0.312 e. The van der Waals surface area contributed by atoms with Gasteiger partial charge in [-0.1, -0.05) is 12.5 Å². The number of Topliss-reactive ketones (excluding diaryl/α,β-unsaturated/α-hetero) is 1. The van der Waals surface area contributed by atoms with Gasteiger partial charge in [0.15, 0.2) is 17.4 Å². The Labute approximate surface area is 166 Å². The third kappa shape index (κ3) is 3.02. The Morgan fingerprint density at radius 2 is 1.76 bits per heavy atom. The van der Waals surface area contributed by atoms with Crippen LogP contribution in [0.5, 0.6) is 11.5 Å². The van der Waals surface area contributed by atoms with Gasteiger partial charge in [-0.2, -0.15) is 0 Å². The highest BCUT2D eigenvalue weighted by molar-refractivity contribution is 6.01. The van der Waals surface area contributed by atoms with E-state index in [1.807, 2.05) is 0 Å². The zero-order chi connectivity index (χ0) is 20.2. The van der Waals surface area contributed by atoms with Gasteiger partial charge in [0.1, 0.15) is 17.1 Å². The Bertz CT molecular complexity index is 1020. The number of carbonyl (C=O) groups is 2. The third-order valence-corrected chi connectivity index (χ3v) is 6.31. The molecule has 1 atom stereocenters. The first-order chi connectivity index (χ1) is 14.0. The fraction of sp³-hybridized carbons (Fsp3) is 0.391. The highest BCUT2D eigenvalue weighted by Gasteiger charge is 2.44. The number of ketones is 1. The lowest BCUT2D eigenvalue weighted by Gasteiger charge is -2.42. The highest BCUT2D eigenvalue weighted by Crippen LogP contribution is 2.51. The quantitative estimate of drug-likeness (QED) is 0.497. The molecule has 3 aliphatic rings. The molecule has 1 aliphatic carbocycles. The number of fused-ring (bicyclic) bond motifs is 3. The van der Waals surface area contributed by atoms with E-state index in [1.165, 1.54) is 6.07 Å². The minimum Gasteiger partial charge on any atom is -0.486 e. The van der Waals surface area contributed by atoms with E-state index >= 15 is 0 Å². The van der Waals surface area contributed by atoms with E-state index < -0.39 is 29.1 Å². The highest BCUT2D eigenvalue weighted by atomic mass is 19.2. The number of halogens is 2. The van der Waals surface area contributed by atoms with Gasteiger partial charge in [-0.3, -0.25) is 9.59 Å². The Morgan fingerprint density at radius 1 is 0.966 bits per heavy atom. The summed E-state index contributed by atoms with van der Waals surface area (Å²) >= 11 is 0. The maximum absolute atomic E-state index is 13.9. The summed E-state index contributed by atoms with van der Waals surface area (Å²) in [5.41, 5.74) is 0.962. The third-order valence-electron chi connectivity index (χ3n) is 6.31. The number of rotatable bonds is 1. The van der Waals surface area contributed by atoms with Crippen molar-refractivity contribution in [3.63, 3.8) is 0 Å². The minimum atomic E-state index is -0.978.